The van der Waals surface area contributed by atoms with Gasteiger partial charge in [0.15, 0.2) is 5.79 Å². The van der Waals surface area contributed by atoms with Crippen molar-refractivity contribution in [2.24, 2.45) is 23.2 Å². The Balaban J connectivity index is 1.41. The SMILES string of the molecule is C[C@@]12CC[C@H](O)[C@@H](/C=C/[C@@H](O)CC3CCCC3)[C@@H]1CC21OCCO1. The van der Waals surface area contributed by atoms with Gasteiger partial charge in [-0.25, -0.2) is 0 Å². The maximum atomic E-state index is 10.5. The summed E-state index contributed by atoms with van der Waals surface area (Å²) in [6.07, 6.45) is 12.0. The van der Waals surface area contributed by atoms with Crippen molar-refractivity contribution in [3.8, 4) is 0 Å². The minimum absolute atomic E-state index is 0.00581. The minimum atomic E-state index is -0.410. The molecule has 0 aromatic rings. The van der Waals surface area contributed by atoms with Crippen LogP contribution in [0.2, 0.25) is 0 Å². The predicted molar refractivity (Wildman–Crippen MR) is 91.3 cm³/mol. The van der Waals surface area contributed by atoms with Crippen LogP contribution in [-0.2, 0) is 9.47 Å². The van der Waals surface area contributed by atoms with Crippen molar-refractivity contribution in [2.45, 2.75) is 76.3 Å². The maximum Gasteiger partial charge on any atom is 0.174 e. The zero-order valence-corrected chi connectivity index (χ0v) is 14.8. The van der Waals surface area contributed by atoms with E-state index in [1.165, 1.54) is 25.7 Å². The quantitative estimate of drug-likeness (QED) is 0.775. The summed E-state index contributed by atoms with van der Waals surface area (Å²) in [6.45, 7) is 3.63. The van der Waals surface area contributed by atoms with Crippen molar-refractivity contribution >= 4 is 0 Å². The predicted octanol–water partition coefficient (Wildman–Crippen LogP) is 3.02. The molecule has 1 spiro atoms. The molecule has 4 heteroatoms. The molecule has 1 saturated heterocycles. The number of hydrogen-bond donors (Lipinski definition) is 2. The first kappa shape index (κ1) is 17.0. The summed E-state index contributed by atoms with van der Waals surface area (Å²) in [4.78, 5) is 0. The highest BCUT2D eigenvalue weighted by molar-refractivity contribution is 5.17. The van der Waals surface area contributed by atoms with Crippen LogP contribution < -0.4 is 0 Å². The molecule has 0 aromatic heterocycles. The second-order valence-electron chi connectivity index (χ2n) is 8.70. The number of ether oxygens (including phenoxy) is 2. The molecule has 0 radical (unpaired) electrons. The van der Waals surface area contributed by atoms with Crippen molar-refractivity contribution in [3.05, 3.63) is 12.2 Å². The first-order valence-corrected chi connectivity index (χ1v) is 9.86. The van der Waals surface area contributed by atoms with Crippen LogP contribution in [0, 0.1) is 23.2 Å². The third-order valence-corrected chi connectivity index (χ3v) is 7.40. The Kier molecular flexibility index (Phi) is 4.53. The van der Waals surface area contributed by atoms with Gasteiger partial charge in [-0.3, -0.25) is 0 Å². The highest BCUT2D eigenvalue weighted by Gasteiger charge is 2.69. The molecule has 2 N–H and O–H groups in total. The van der Waals surface area contributed by atoms with Crippen LogP contribution in [0.3, 0.4) is 0 Å². The van der Waals surface area contributed by atoms with Crippen molar-refractivity contribution < 1.29 is 19.7 Å². The molecule has 1 aliphatic heterocycles. The van der Waals surface area contributed by atoms with Gasteiger partial charge in [0.25, 0.3) is 0 Å². The van der Waals surface area contributed by atoms with Crippen LogP contribution >= 0.6 is 0 Å². The van der Waals surface area contributed by atoms with Crippen LogP contribution in [0.1, 0.15) is 58.3 Å². The van der Waals surface area contributed by atoms with E-state index in [0.29, 0.717) is 25.0 Å². The minimum Gasteiger partial charge on any atom is -0.393 e. The number of aliphatic hydroxyl groups is 2. The van der Waals surface area contributed by atoms with Gasteiger partial charge in [0.1, 0.15) is 0 Å². The van der Waals surface area contributed by atoms with Crippen LogP contribution in [-0.4, -0.2) is 41.4 Å². The van der Waals surface area contributed by atoms with Crippen LogP contribution in [0.15, 0.2) is 12.2 Å². The fourth-order valence-corrected chi connectivity index (χ4v) is 5.83. The van der Waals surface area contributed by atoms with E-state index >= 15 is 0 Å². The Morgan fingerprint density at radius 1 is 1.17 bits per heavy atom. The third kappa shape index (κ3) is 2.66. The van der Waals surface area contributed by atoms with Crippen LogP contribution in [0.25, 0.3) is 0 Å². The van der Waals surface area contributed by atoms with E-state index in [2.05, 4.69) is 13.0 Å². The van der Waals surface area contributed by atoms with Crippen molar-refractivity contribution in [1.82, 2.24) is 0 Å². The molecular formula is C20H32O4. The monoisotopic (exact) mass is 336 g/mol. The van der Waals surface area contributed by atoms with Crippen molar-refractivity contribution in [3.63, 3.8) is 0 Å². The average Bonchev–Trinajstić information content (AvgIpc) is 3.23. The van der Waals surface area contributed by atoms with Crippen LogP contribution in [0.5, 0.6) is 0 Å². The Morgan fingerprint density at radius 3 is 2.58 bits per heavy atom. The van der Waals surface area contributed by atoms with Gasteiger partial charge in [0.2, 0.25) is 0 Å². The van der Waals surface area contributed by atoms with Gasteiger partial charge in [0, 0.05) is 17.8 Å². The van der Waals surface area contributed by atoms with Gasteiger partial charge in [0.05, 0.1) is 25.4 Å². The summed E-state index contributed by atoms with van der Waals surface area (Å²) < 4.78 is 11.9. The van der Waals surface area contributed by atoms with Gasteiger partial charge in [-0.05, 0) is 31.1 Å². The van der Waals surface area contributed by atoms with Crippen molar-refractivity contribution in [2.75, 3.05) is 13.2 Å². The average molecular weight is 336 g/mol. The lowest BCUT2D eigenvalue weighted by Crippen LogP contribution is -2.67. The van der Waals surface area contributed by atoms with Gasteiger partial charge in [-0.15, -0.1) is 0 Å². The standard InChI is InChI=1S/C20H32O4/c1-19-9-8-18(22)16(17(19)13-20(19)23-10-11-24-20)7-6-15(21)12-14-4-2-3-5-14/h6-7,14-18,21-22H,2-5,8-13H2,1H3/b7-6+/t15-,16+,17+,18+,19-/m1/s1. The highest BCUT2D eigenvalue weighted by atomic mass is 16.7. The number of aliphatic hydroxyl groups excluding tert-OH is 2. The van der Waals surface area contributed by atoms with E-state index in [4.69, 9.17) is 9.47 Å². The summed E-state index contributed by atoms with van der Waals surface area (Å²) in [7, 11) is 0. The molecule has 5 atom stereocenters. The molecule has 3 aliphatic carbocycles. The lowest BCUT2D eigenvalue weighted by atomic mass is 9.47. The lowest BCUT2D eigenvalue weighted by Gasteiger charge is -2.64. The summed E-state index contributed by atoms with van der Waals surface area (Å²) in [5.74, 6) is 0.764. The number of rotatable bonds is 4. The lowest BCUT2D eigenvalue weighted by molar-refractivity contribution is -0.344. The van der Waals surface area contributed by atoms with E-state index < -0.39 is 5.79 Å². The molecule has 0 aromatic carbocycles. The molecule has 1 heterocycles. The molecule has 4 rings (SSSR count). The summed E-state index contributed by atoms with van der Waals surface area (Å²) in [6, 6.07) is 0. The largest absolute Gasteiger partial charge is 0.393 e. The second kappa shape index (κ2) is 6.39. The first-order chi connectivity index (χ1) is 11.5. The van der Waals surface area contributed by atoms with Gasteiger partial charge in [-0.1, -0.05) is 44.8 Å². The molecule has 0 amide bonds. The Hall–Kier alpha value is -0.420. The summed E-state index contributed by atoms with van der Waals surface area (Å²) in [5.41, 5.74) is -0.00581. The smallest absolute Gasteiger partial charge is 0.174 e. The van der Waals surface area contributed by atoms with E-state index in [1.807, 2.05) is 6.08 Å². The molecule has 24 heavy (non-hydrogen) atoms. The zero-order valence-electron chi connectivity index (χ0n) is 14.8. The van der Waals surface area contributed by atoms with Crippen LogP contribution in [0.4, 0.5) is 0 Å². The van der Waals surface area contributed by atoms with Crippen molar-refractivity contribution in [1.29, 1.82) is 0 Å². The van der Waals surface area contributed by atoms with Gasteiger partial charge >= 0.3 is 0 Å². The number of fused-ring (bicyclic) bond motifs is 2. The normalized spacial score (nSPS) is 43.2. The third-order valence-electron chi connectivity index (χ3n) is 7.40. The number of hydrogen-bond acceptors (Lipinski definition) is 4. The van der Waals surface area contributed by atoms with E-state index in [0.717, 1.165) is 25.7 Å². The van der Waals surface area contributed by atoms with Gasteiger partial charge in [-0.2, -0.15) is 0 Å². The fourth-order valence-electron chi connectivity index (χ4n) is 5.83. The summed E-state index contributed by atoms with van der Waals surface area (Å²) >= 11 is 0. The van der Waals surface area contributed by atoms with E-state index in [9.17, 15) is 10.2 Å². The molecule has 4 nitrogen and oxygen atoms in total. The fraction of sp³-hybridized carbons (Fsp3) is 0.900. The molecule has 0 bridgehead atoms. The zero-order chi connectivity index (χ0) is 16.8. The molecular weight excluding hydrogens is 304 g/mol. The highest BCUT2D eigenvalue weighted by Crippen LogP contribution is 2.66. The van der Waals surface area contributed by atoms with E-state index in [1.54, 1.807) is 0 Å². The molecule has 136 valence electrons. The Labute approximate surface area is 145 Å². The maximum absolute atomic E-state index is 10.5. The molecule has 4 fully saturated rings. The second-order valence-corrected chi connectivity index (χ2v) is 8.70. The Morgan fingerprint density at radius 2 is 1.88 bits per heavy atom. The molecule has 4 aliphatic rings. The van der Waals surface area contributed by atoms with E-state index in [-0.39, 0.29) is 23.5 Å². The molecule has 3 saturated carbocycles. The summed E-state index contributed by atoms with van der Waals surface area (Å²) in [5, 5.41) is 20.9. The first-order valence-electron chi connectivity index (χ1n) is 9.86. The van der Waals surface area contributed by atoms with Gasteiger partial charge < -0.3 is 19.7 Å². The Bertz CT molecular complexity index is 478. The molecule has 0 unspecified atom stereocenters. The topological polar surface area (TPSA) is 58.9 Å².